The number of piperidine rings is 1. The summed E-state index contributed by atoms with van der Waals surface area (Å²) in [5.74, 6) is -0.311. The maximum absolute atomic E-state index is 12.2. The van der Waals surface area contributed by atoms with Crippen molar-refractivity contribution < 1.29 is 24.5 Å². The van der Waals surface area contributed by atoms with Gasteiger partial charge in [0.15, 0.2) is 0 Å². The van der Waals surface area contributed by atoms with Gasteiger partial charge in [-0.2, -0.15) is 0 Å². The highest BCUT2D eigenvalue weighted by molar-refractivity contribution is 5.94. The van der Waals surface area contributed by atoms with Crippen molar-refractivity contribution in [2.75, 3.05) is 19.6 Å². The maximum Gasteiger partial charge on any atom is 0.410 e. The first-order valence-corrected chi connectivity index (χ1v) is 9.24. The Hall–Kier alpha value is -3.06. The van der Waals surface area contributed by atoms with E-state index in [4.69, 9.17) is 4.74 Å². The Balaban J connectivity index is 1.43. The molecule has 0 spiro atoms. The van der Waals surface area contributed by atoms with Crippen LogP contribution in [0.4, 0.5) is 4.79 Å². The van der Waals surface area contributed by atoms with E-state index in [0.29, 0.717) is 25.1 Å². The molecule has 148 valence electrons. The summed E-state index contributed by atoms with van der Waals surface area (Å²) in [4.78, 5) is 25.8. The minimum absolute atomic E-state index is 0.0958. The van der Waals surface area contributed by atoms with Gasteiger partial charge in [-0.15, -0.1) is 0 Å². The van der Waals surface area contributed by atoms with Gasteiger partial charge >= 0.3 is 6.09 Å². The molecule has 0 radical (unpaired) electrons. The molecule has 1 fully saturated rings. The smallest absolute Gasteiger partial charge is 0.410 e. The van der Waals surface area contributed by atoms with Crippen LogP contribution in [0.5, 0.6) is 5.75 Å². The predicted molar refractivity (Wildman–Crippen MR) is 103 cm³/mol. The van der Waals surface area contributed by atoms with Crippen LogP contribution >= 0.6 is 0 Å². The Morgan fingerprint density at radius 1 is 1.11 bits per heavy atom. The molecule has 1 heterocycles. The van der Waals surface area contributed by atoms with Crippen molar-refractivity contribution in [3.8, 4) is 5.75 Å². The van der Waals surface area contributed by atoms with E-state index in [1.54, 1.807) is 0 Å². The third kappa shape index (κ3) is 5.23. The van der Waals surface area contributed by atoms with E-state index in [9.17, 15) is 19.8 Å². The van der Waals surface area contributed by atoms with Crippen LogP contribution in [0, 0.1) is 5.92 Å². The largest absolute Gasteiger partial charge is 0.508 e. The van der Waals surface area contributed by atoms with Crippen molar-refractivity contribution in [3.05, 3.63) is 65.7 Å². The summed E-state index contributed by atoms with van der Waals surface area (Å²) in [6, 6.07) is 15.4. The number of nitrogens with zero attached hydrogens (tertiary/aromatic N) is 1. The molecule has 0 aliphatic carbocycles. The molecule has 2 aromatic rings. The lowest BCUT2D eigenvalue weighted by atomic mass is 9.94. The molecule has 0 saturated carbocycles. The summed E-state index contributed by atoms with van der Waals surface area (Å²) >= 11 is 0. The average molecular weight is 384 g/mol. The highest BCUT2D eigenvalue weighted by Gasteiger charge is 2.31. The van der Waals surface area contributed by atoms with Gasteiger partial charge in [-0.25, -0.2) is 4.79 Å². The number of carbonyl (C=O) groups excluding carboxylic acids is 2. The van der Waals surface area contributed by atoms with Crippen molar-refractivity contribution in [2.45, 2.75) is 19.1 Å². The molecule has 1 saturated heterocycles. The van der Waals surface area contributed by atoms with E-state index in [1.165, 1.54) is 29.2 Å². The van der Waals surface area contributed by atoms with E-state index in [1.807, 2.05) is 30.3 Å². The molecular formula is C21H24N2O5. The topological polar surface area (TPSA) is 99.1 Å². The first-order valence-electron chi connectivity index (χ1n) is 9.24. The van der Waals surface area contributed by atoms with E-state index in [2.05, 4.69) is 5.32 Å². The number of rotatable bonds is 5. The molecular weight excluding hydrogens is 360 g/mol. The zero-order valence-electron chi connectivity index (χ0n) is 15.5. The number of β-amino-alcohol motifs (C(OH)–C–C–N with tert-alkyl or cyclic N) is 1. The van der Waals surface area contributed by atoms with Crippen LogP contribution in [0.3, 0.4) is 0 Å². The van der Waals surface area contributed by atoms with Crippen LogP contribution in [0.1, 0.15) is 22.3 Å². The van der Waals surface area contributed by atoms with Crippen molar-refractivity contribution in [3.63, 3.8) is 0 Å². The van der Waals surface area contributed by atoms with Gasteiger partial charge in [0, 0.05) is 24.6 Å². The highest BCUT2D eigenvalue weighted by atomic mass is 16.6. The number of nitrogens with one attached hydrogen (secondary N) is 1. The van der Waals surface area contributed by atoms with Crippen LogP contribution in [0.2, 0.25) is 0 Å². The summed E-state index contributed by atoms with van der Waals surface area (Å²) in [6.45, 7) is 1.14. The van der Waals surface area contributed by atoms with Crippen LogP contribution in [0.15, 0.2) is 54.6 Å². The van der Waals surface area contributed by atoms with E-state index >= 15 is 0 Å². The van der Waals surface area contributed by atoms with Gasteiger partial charge in [0.05, 0.1) is 12.6 Å². The second-order valence-electron chi connectivity index (χ2n) is 6.86. The van der Waals surface area contributed by atoms with E-state index in [0.717, 1.165) is 5.56 Å². The number of amides is 2. The maximum atomic E-state index is 12.2. The second kappa shape index (κ2) is 9.23. The summed E-state index contributed by atoms with van der Waals surface area (Å²) in [6.07, 6.45) is -0.620. The van der Waals surface area contributed by atoms with Crippen molar-refractivity contribution >= 4 is 12.0 Å². The van der Waals surface area contributed by atoms with Gasteiger partial charge < -0.3 is 25.2 Å². The Bertz CT molecular complexity index is 794. The van der Waals surface area contributed by atoms with Gasteiger partial charge in [-0.1, -0.05) is 30.3 Å². The normalized spacial score (nSPS) is 19.1. The standard InChI is InChI=1S/C21H24N2O5/c24-18-8-6-16(7-9-18)20(26)22-12-17-10-11-23(13-19(17)25)21(27)28-14-15-4-2-1-3-5-15/h1-9,17,19,24-25H,10-14H2,(H,22,26)/t17-,19+/m0/s1. The number of phenols is 1. The van der Waals surface area contributed by atoms with Crippen molar-refractivity contribution in [1.82, 2.24) is 10.2 Å². The number of hydrogen-bond acceptors (Lipinski definition) is 5. The lowest BCUT2D eigenvalue weighted by Gasteiger charge is -2.35. The molecule has 1 aliphatic heterocycles. The van der Waals surface area contributed by atoms with Crippen molar-refractivity contribution in [2.24, 2.45) is 5.92 Å². The average Bonchev–Trinajstić information content (AvgIpc) is 2.72. The lowest BCUT2D eigenvalue weighted by molar-refractivity contribution is 0.0139. The van der Waals surface area contributed by atoms with Gasteiger partial charge in [0.25, 0.3) is 5.91 Å². The fourth-order valence-electron chi connectivity index (χ4n) is 3.13. The molecule has 7 nitrogen and oxygen atoms in total. The van der Waals surface area contributed by atoms with Crippen LogP contribution in [0.25, 0.3) is 0 Å². The molecule has 3 rings (SSSR count). The van der Waals surface area contributed by atoms with E-state index < -0.39 is 12.2 Å². The third-order valence-electron chi connectivity index (χ3n) is 4.84. The van der Waals surface area contributed by atoms with Gasteiger partial charge in [-0.3, -0.25) is 4.79 Å². The zero-order chi connectivity index (χ0) is 19.9. The molecule has 2 amide bonds. The summed E-state index contributed by atoms with van der Waals surface area (Å²) in [5.41, 5.74) is 1.34. The van der Waals surface area contributed by atoms with Crippen molar-refractivity contribution in [1.29, 1.82) is 0 Å². The molecule has 7 heteroatoms. The van der Waals surface area contributed by atoms with Crippen LogP contribution < -0.4 is 5.32 Å². The zero-order valence-corrected chi connectivity index (χ0v) is 15.5. The highest BCUT2D eigenvalue weighted by Crippen LogP contribution is 2.19. The Morgan fingerprint density at radius 3 is 2.50 bits per heavy atom. The minimum Gasteiger partial charge on any atom is -0.508 e. The molecule has 0 aromatic heterocycles. The second-order valence-corrected chi connectivity index (χ2v) is 6.86. The molecule has 28 heavy (non-hydrogen) atoms. The predicted octanol–water partition coefficient (Wildman–Crippen LogP) is 2.14. The summed E-state index contributed by atoms with van der Waals surface area (Å²) in [5, 5.41) is 22.4. The fraction of sp³-hybridized carbons (Fsp3) is 0.333. The number of aliphatic hydroxyl groups is 1. The monoisotopic (exact) mass is 384 g/mol. The SMILES string of the molecule is O=C(NC[C@@H]1CCN(C(=O)OCc2ccccc2)C[C@H]1O)c1ccc(O)cc1. The number of ether oxygens (including phenoxy) is 1. The molecule has 0 bridgehead atoms. The minimum atomic E-state index is -0.738. The molecule has 1 aliphatic rings. The Labute approximate surface area is 163 Å². The Morgan fingerprint density at radius 2 is 1.82 bits per heavy atom. The first-order chi connectivity index (χ1) is 13.5. The van der Waals surface area contributed by atoms with Crippen LogP contribution in [-0.2, 0) is 11.3 Å². The number of aliphatic hydroxyl groups excluding tert-OH is 1. The summed E-state index contributed by atoms with van der Waals surface area (Å²) in [7, 11) is 0. The van der Waals surface area contributed by atoms with E-state index in [-0.39, 0.29) is 30.7 Å². The fourth-order valence-corrected chi connectivity index (χ4v) is 3.13. The third-order valence-corrected chi connectivity index (χ3v) is 4.84. The molecule has 2 aromatic carbocycles. The quantitative estimate of drug-likeness (QED) is 0.734. The number of aromatic hydroxyl groups is 1. The lowest BCUT2D eigenvalue weighted by Crippen LogP contribution is -2.49. The van der Waals surface area contributed by atoms with Gasteiger partial charge in [0.1, 0.15) is 12.4 Å². The number of hydrogen-bond donors (Lipinski definition) is 3. The van der Waals surface area contributed by atoms with Crippen LogP contribution in [-0.4, -0.2) is 52.9 Å². The number of phenolic OH excluding ortho intramolecular Hbond substituents is 1. The molecule has 2 atom stereocenters. The number of likely N-dealkylation sites (tertiary alicyclic amines) is 1. The Kier molecular flexibility index (Phi) is 6.49. The molecule has 3 N–H and O–H groups in total. The number of carbonyl (C=O) groups is 2. The van der Waals surface area contributed by atoms with Gasteiger partial charge in [-0.05, 0) is 36.2 Å². The first kappa shape index (κ1) is 19.7. The van der Waals surface area contributed by atoms with Gasteiger partial charge in [0.2, 0.25) is 0 Å². The summed E-state index contributed by atoms with van der Waals surface area (Å²) < 4.78 is 5.30. The number of benzene rings is 2. The molecule has 0 unspecified atom stereocenters.